The van der Waals surface area contributed by atoms with Gasteiger partial charge in [0.1, 0.15) is 6.17 Å². The van der Waals surface area contributed by atoms with Gasteiger partial charge in [0.05, 0.1) is 17.0 Å². The van der Waals surface area contributed by atoms with Gasteiger partial charge in [-0.1, -0.05) is 0 Å². The van der Waals surface area contributed by atoms with Crippen LogP contribution in [0.3, 0.4) is 0 Å². The zero-order valence-electron chi connectivity index (χ0n) is 16.2. The first-order valence-electron chi connectivity index (χ1n) is 9.95. The van der Waals surface area contributed by atoms with E-state index in [0.29, 0.717) is 19.4 Å². The Kier molecular flexibility index (Phi) is 7.54. The van der Waals surface area contributed by atoms with Gasteiger partial charge in [0.25, 0.3) is 0 Å². The zero-order valence-corrected chi connectivity index (χ0v) is 17.7. The summed E-state index contributed by atoms with van der Waals surface area (Å²) < 4.78 is 39.1. The normalized spacial score (nSPS) is 37.7. The SMILES string of the molecule is CN1CNC(C2CC(Cl)C(F)C(C(=O)NNS(=O)(=O)CC3CCCNC3)C2)C1. The van der Waals surface area contributed by atoms with Crippen molar-refractivity contribution in [1.82, 2.24) is 25.8 Å². The van der Waals surface area contributed by atoms with E-state index in [2.05, 4.69) is 25.8 Å². The van der Waals surface area contributed by atoms with Crippen molar-refractivity contribution in [2.45, 2.75) is 43.3 Å². The minimum atomic E-state index is -3.68. The second-order valence-electron chi connectivity index (χ2n) is 8.39. The lowest BCUT2D eigenvalue weighted by Gasteiger charge is -2.37. The van der Waals surface area contributed by atoms with Crippen molar-refractivity contribution in [2.75, 3.05) is 39.1 Å². The molecule has 3 fully saturated rings. The summed E-state index contributed by atoms with van der Waals surface area (Å²) in [4.78, 5) is 16.8. The lowest BCUT2D eigenvalue weighted by molar-refractivity contribution is -0.129. The Morgan fingerprint density at radius 2 is 2.14 bits per heavy atom. The van der Waals surface area contributed by atoms with Crippen molar-refractivity contribution in [3.63, 3.8) is 0 Å². The van der Waals surface area contributed by atoms with Gasteiger partial charge in [0.2, 0.25) is 15.9 Å². The monoisotopic (exact) mass is 439 g/mol. The van der Waals surface area contributed by atoms with Crippen LogP contribution in [0.15, 0.2) is 0 Å². The molecule has 2 heterocycles. The molecule has 0 aromatic carbocycles. The summed E-state index contributed by atoms with van der Waals surface area (Å²) in [5, 5.41) is 5.78. The van der Waals surface area contributed by atoms with Crippen LogP contribution in [-0.2, 0) is 14.8 Å². The van der Waals surface area contributed by atoms with E-state index in [1.165, 1.54) is 0 Å². The third kappa shape index (κ3) is 5.76. The van der Waals surface area contributed by atoms with E-state index in [1.807, 2.05) is 7.05 Å². The maximum Gasteiger partial charge on any atom is 0.241 e. The van der Waals surface area contributed by atoms with E-state index >= 15 is 0 Å². The van der Waals surface area contributed by atoms with E-state index < -0.39 is 33.4 Å². The lowest BCUT2D eigenvalue weighted by atomic mass is 9.76. The van der Waals surface area contributed by atoms with E-state index in [-0.39, 0.29) is 23.6 Å². The molecule has 11 heteroatoms. The summed E-state index contributed by atoms with van der Waals surface area (Å²) in [7, 11) is -1.69. The van der Waals surface area contributed by atoms with Crippen LogP contribution in [0.2, 0.25) is 0 Å². The Bertz CT molecular complexity index is 649. The first kappa shape index (κ1) is 22.2. The van der Waals surface area contributed by atoms with E-state index in [4.69, 9.17) is 11.6 Å². The zero-order chi connectivity index (χ0) is 20.3. The molecule has 6 atom stereocenters. The molecular formula is C17H31ClFN5O3S. The summed E-state index contributed by atoms with van der Waals surface area (Å²) in [6.45, 7) is 3.11. The van der Waals surface area contributed by atoms with Gasteiger partial charge in [0, 0.05) is 19.3 Å². The molecule has 3 rings (SSSR count). The Morgan fingerprint density at radius 3 is 2.79 bits per heavy atom. The molecule has 3 aliphatic rings. The van der Waals surface area contributed by atoms with Crippen LogP contribution in [0.4, 0.5) is 4.39 Å². The number of hydrazine groups is 1. The summed E-state index contributed by atoms with van der Waals surface area (Å²) in [6.07, 6.45) is 1.11. The molecule has 1 aliphatic carbocycles. The summed E-state index contributed by atoms with van der Waals surface area (Å²) >= 11 is 6.19. The Morgan fingerprint density at radius 1 is 1.36 bits per heavy atom. The number of likely N-dealkylation sites (N-methyl/N-ethyl adjacent to an activating group) is 1. The van der Waals surface area contributed by atoms with Crippen molar-refractivity contribution in [1.29, 1.82) is 0 Å². The van der Waals surface area contributed by atoms with Crippen LogP contribution in [-0.4, -0.2) is 75.9 Å². The molecule has 1 saturated carbocycles. The third-order valence-corrected chi connectivity index (χ3v) is 7.78. The van der Waals surface area contributed by atoms with Gasteiger partial charge in [-0.15, -0.1) is 16.4 Å². The van der Waals surface area contributed by atoms with Gasteiger partial charge >= 0.3 is 0 Å². The Hall–Kier alpha value is -0.520. The van der Waals surface area contributed by atoms with E-state index in [9.17, 15) is 17.6 Å². The Labute approximate surface area is 171 Å². The first-order valence-corrected chi connectivity index (χ1v) is 12.0. The standard InChI is InChI=1S/C17H31ClFN5O3S/c1-24-8-15(21-10-24)12-5-13(16(19)14(18)6-12)17(25)22-23-28(26,27)9-11-3-2-4-20-7-11/h11-16,20-21,23H,2-10H2,1H3,(H,22,25). The number of piperidine rings is 1. The largest absolute Gasteiger partial charge is 0.316 e. The predicted molar refractivity (Wildman–Crippen MR) is 106 cm³/mol. The van der Waals surface area contributed by atoms with Crippen molar-refractivity contribution in [2.24, 2.45) is 17.8 Å². The van der Waals surface area contributed by atoms with E-state index in [1.54, 1.807) is 0 Å². The van der Waals surface area contributed by atoms with Gasteiger partial charge in [-0.2, -0.15) is 0 Å². The highest BCUT2D eigenvalue weighted by atomic mass is 35.5. The number of nitrogens with one attached hydrogen (secondary N) is 4. The van der Waals surface area contributed by atoms with Gasteiger partial charge in [-0.25, -0.2) is 12.8 Å². The molecule has 4 N–H and O–H groups in total. The molecule has 0 bridgehead atoms. The summed E-state index contributed by atoms with van der Waals surface area (Å²) in [6, 6.07) is 0.157. The maximum atomic E-state index is 14.6. The highest BCUT2D eigenvalue weighted by Crippen LogP contribution is 2.37. The fourth-order valence-electron chi connectivity index (χ4n) is 4.50. The van der Waals surface area contributed by atoms with Gasteiger partial charge in [-0.3, -0.25) is 20.4 Å². The van der Waals surface area contributed by atoms with Crippen molar-refractivity contribution >= 4 is 27.5 Å². The summed E-state index contributed by atoms with van der Waals surface area (Å²) in [5.74, 6) is -1.61. The van der Waals surface area contributed by atoms with Gasteiger partial charge in [0.15, 0.2) is 0 Å². The number of rotatable bonds is 6. The molecule has 2 saturated heterocycles. The van der Waals surface area contributed by atoms with Crippen LogP contribution in [0, 0.1) is 17.8 Å². The smallest absolute Gasteiger partial charge is 0.241 e. The summed E-state index contributed by atoms with van der Waals surface area (Å²) in [5.41, 5.74) is 2.23. The molecular weight excluding hydrogens is 409 g/mol. The highest BCUT2D eigenvalue weighted by molar-refractivity contribution is 7.89. The number of alkyl halides is 2. The van der Waals surface area contributed by atoms with Crippen LogP contribution in [0.1, 0.15) is 25.7 Å². The number of amides is 1. The number of carbonyl (C=O) groups excluding carboxylic acids is 1. The fourth-order valence-corrected chi connectivity index (χ4v) is 6.15. The lowest BCUT2D eigenvalue weighted by Crippen LogP contribution is -2.53. The molecule has 8 nitrogen and oxygen atoms in total. The van der Waals surface area contributed by atoms with Gasteiger partial charge in [-0.05, 0) is 57.7 Å². The quantitative estimate of drug-likeness (QED) is 0.337. The van der Waals surface area contributed by atoms with E-state index in [0.717, 1.165) is 32.6 Å². The maximum absolute atomic E-state index is 14.6. The molecule has 6 unspecified atom stereocenters. The molecule has 1 amide bonds. The van der Waals surface area contributed by atoms with Crippen molar-refractivity contribution < 1.29 is 17.6 Å². The highest BCUT2D eigenvalue weighted by Gasteiger charge is 2.44. The minimum Gasteiger partial charge on any atom is -0.316 e. The minimum absolute atomic E-state index is 0.00814. The second-order valence-corrected chi connectivity index (χ2v) is 10.7. The van der Waals surface area contributed by atoms with Crippen molar-refractivity contribution in [3.8, 4) is 0 Å². The van der Waals surface area contributed by atoms with Crippen LogP contribution < -0.4 is 20.9 Å². The Balaban J connectivity index is 1.54. The topological polar surface area (TPSA) is 103 Å². The average Bonchev–Trinajstić information content (AvgIpc) is 3.09. The van der Waals surface area contributed by atoms with Gasteiger partial charge < -0.3 is 5.32 Å². The predicted octanol–water partition coefficient (Wildman–Crippen LogP) is -0.231. The molecule has 0 spiro atoms. The molecule has 0 aromatic rings. The molecule has 0 radical (unpaired) electrons. The fraction of sp³-hybridized carbons (Fsp3) is 0.941. The number of sulfonamides is 1. The average molecular weight is 440 g/mol. The van der Waals surface area contributed by atoms with Crippen LogP contribution in [0.5, 0.6) is 0 Å². The van der Waals surface area contributed by atoms with Crippen LogP contribution >= 0.6 is 11.6 Å². The third-order valence-electron chi connectivity index (χ3n) is 6.04. The number of carbonyl (C=O) groups is 1. The number of nitrogens with zero attached hydrogens (tertiary/aromatic N) is 1. The molecule has 0 aromatic heterocycles. The second kappa shape index (κ2) is 9.53. The van der Waals surface area contributed by atoms with Crippen LogP contribution in [0.25, 0.3) is 0 Å². The molecule has 2 aliphatic heterocycles. The molecule has 162 valence electrons. The number of halogens is 2. The van der Waals surface area contributed by atoms with Crippen molar-refractivity contribution in [3.05, 3.63) is 0 Å². The first-order chi connectivity index (χ1) is 13.2. The number of hydrogen-bond acceptors (Lipinski definition) is 6. The number of hydrogen-bond donors (Lipinski definition) is 4. The molecule has 28 heavy (non-hydrogen) atoms.